The third kappa shape index (κ3) is 5.37. The lowest BCUT2D eigenvalue weighted by molar-refractivity contribution is 0.282. The maximum Gasteiger partial charge on any atom is 0.210 e. The fraction of sp³-hybridized carbons (Fsp3) is 0.194. The summed E-state index contributed by atoms with van der Waals surface area (Å²) in [6.45, 7) is 5.02. The lowest BCUT2D eigenvalue weighted by atomic mass is 9.90. The molecule has 0 fully saturated rings. The molecule has 38 heavy (non-hydrogen) atoms. The standard InChI is InChI=1S/C31H29N4O3/c1-21(2)28-29(37-19-22-12-6-4-7-13-22)25(24-16-10-11-17-27(24)36-3)18-26(31-32-34-35-33-31)30(28)38-20-23-14-8-5-9-15-23/h4-18,21H,19-20H2,1-3H3. The van der Waals surface area contributed by atoms with Gasteiger partial charge >= 0.3 is 0 Å². The van der Waals surface area contributed by atoms with E-state index in [1.165, 1.54) is 0 Å². The van der Waals surface area contributed by atoms with Gasteiger partial charge in [-0.05, 0) is 39.6 Å². The minimum atomic E-state index is 0.0517. The summed E-state index contributed by atoms with van der Waals surface area (Å²) in [5.74, 6) is 2.56. The summed E-state index contributed by atoms with van der Waals surface area (Å²) in [4.78, 5) is 0. The first-order chi connectivity index (χ1) is 18.7. The van der Waals surface area contributed by atoms with E-state index in [4.69, 9.17) is 14.2 Å². The van der Waals surface area contributed by atoms with Crippen LogP contribution in [0.4, 0.5) is 0 Å². The highest BCUT2D eigenvalue weighted by molar-refractivity contribution is 6.03. The Hall–Kier alpha value is -4.65. The van der Waals surface area contributed by atoms with Crippen LogP contribution in [0.1, 0.15) is 42.0 Å². The van der Waals surface area contributed by atoms with E-state index in [0.717, 1.165) is 39.3 Å². The Kier molecular flexibility index (Phi) is 7.64. The van der Waals surface area contributed by atoms with Gasteiger partial charge in [-0.3, -0.25) is 0 Å². The Balaban J connectivity index is 1.71. The van der Waals surface area contributed by atoms with Gasteiger partial charge in [-0.25, -0.2) is 0 Å². The molecule has 0 spiro atoms. The van der Waals surface area contributed by atoms with Crippen molar-refractivity contribution in [2.45, 2.75) is 33.0 Å². The van der Waals surface area contributed by atoms with Gasteiger partial charge in [0, 0.05) is 16.7 Å². The largest absolute Gasteiger partial charge is 0.496 e. The average molecular weight is 506 g/mol. The van der Waals surface area contributed by atoms with Crippen LogP contribution in [-0.2, 0) is 13.2 Å². The predicted molar refractivity (Wildman–Crippen MR) is 148 cm³/mol. The van der Waals surface area contributed by atoms with E-state index in [1.807, 2.05) is 91.0 Å². The minimum absolute atomic E-state index is 0.0517. The van der Waals surface area contributed by atoms with E-state index < -0.39 is 0 Å². The van der Waals surface area contributed by atoms with Gasteiger partial charge in [0.1, 0.15) is 30.5 Å². The summed E-state index contributed by atoms with van der Waals surface area (Å²) in [7, 11) is 1.67. The monoisotopic (exact) mass is 505 g/mol. The SMILES string of the molecule is COc1ccccc1-c1cc(C2=NN=N[N]2)c(OCc2ccccc2)c(C(C)C)c1OCc1ccccc1. The first kappa shape index (κ1) is 25.0. The van der Waals surface area contributed by atoms with Gasteiger partial charge in [-0.15, -0.1) is 10.5 Å². The van der Waals surface area contributed by atoms with Crippen molar-refractivity contribution in [2.75, 3.05) is 7.11 Å². The maximum absolute atomic E-state index is 6.63. The van der Waals surface area contributed by atoms with Crippen molar-refractivity contribution in [3.8, 4) is 28.4 Å². The van der Waals surface area contributed by atoms with Gasteiger partial charge in [0.25, 0.3) is 0 Å². The Morgan fingerprint density at radius 2 is 1.24 bits per heavy atom. The summed E-state index contributed by atoms with van der Waals surface area (Å²) in [5, 5.41) is 11.7. The first-order valence-electron chi connectivity index (χ1n) is 12.5. The maximum atomic E-state index is 6.63. The molecular weight excluding hydrogens is 476 g/mol. The molecule has 1 radical (unpaired) electrons. The molecule has 7 heteroatoms. The molecule has 0 saturated carbocycles. The molecule has 0 N–H and O–H groups in total. The number of amidine groups is 1. The van der Waals surface area contributed by atoms with Crippen LogP contribution in [0.15, 0.2) is 107 Å². The molecule has 7 nitrogen and oxygen atoms in total. The van der Waals surface area contributed by atoms with Crippen LogP contribution in [0.5, 0.6) is 17.2 Å². The molecule has 4 aromatic carbocycles. The molecule has 0 amide bonds. The van der Waals surface area contributed by atoms with Gasteiger partial charge in [0.2, 0.25) is 5.84 Å². The molecule has 0 unspecified atom stereocenters. The summed E-state index contributed by atoms with van der Waals surface area (Å²) in [5.41, 5.74) is 9.66. The van der Waals surface area contributed by atoms with Gasteiger partial charge in [-0.2, -0.15) is 0 Å². The third-order valence-electron chi connectivity index (χ3n) is 6.25. The third-order valence-corrected chi connectivity index (χ3v) is 6.25. The van der Waals surface area contributed by atoms with Gasteiger partial charge in [0.15, 0.2) is 0 Å². The Labute approximate surface area is 222 Å². The number of ether oxygens (including phenoxy) is 3. The van der Waals surface area contributed by atoms with Crippen LogP contribution in [0.25, 0.3) is 11.1 Å². The van der Waals surface area contributed by atoms with E-state index in [0.29, 0.717) is 30.4 Å². The topological polar surface area (TPSA) is 78.9 Å². The molecule has 0 bridgehead atoms. The summed E-state index contributed by atoms with van der Waals surface area (Å²) >= 11 is 0. The molecule has 1 aliphatic heterocycles. The van der Waals surface area contributed by atoms with E-state index in [9.17, 15) is 0 Å². The molecule has 5 rings (SSSR count). The van der Waals surface area contributed by atoms with Gasteiger partial charge < -0.3 is 14.2 Å². The smallest absolute Gasteiger partial charge is 0.210 e. The molecule has 1 aliphatic rings. The normalized spacial score (nSPS) is 12.3. The van der Waals surface area contributed by atoms with E-state index in [2.05, 4.69) is 34.8 Å². The summed E-state index contributed by atoms with van der Waals surface area (Å²) in [6.07, 6.45) is 0. The van der Waals surface area contributed by atoms with Crippen LogP contribution in [0.2, 0.25) is 0 Å². The van der Waals surface area contributed by atoms with E-state index in [-0.39, 0.29) is 5.92 Å². The van der Waals surface area contributed by atoms with Crippen molar-refractivity contribution in [3.05, 3.63) is 113 Å². The molecule has 0 aliphatic carbocycles. The number of benzene rings is 4. The van der Waals surface area contributed by atoms with Crippen LogP contribution in [0, 0.1) is 0 Å². The van der Waals surface area contributed by atoms with Crippen molar-refractivity contribution in [3.63, 3.8) is 0 Å². The Morgan fingerprint density at radius 3 is 1.79 bits per heavy atom. The predicted octanol–water partition coefficient (Wildman–Crippen LogP) is 7.29. The fourth-order valence-electron chi connectivity index (χ4n) is 4.45. The van der Waals surface area contributed by atoms with Gasteiger partial charge in [-0.1, -0.05) is 92.7 Å². The summed E-state index contributed by atoms with van der Waals surface area (Å²) in [6, 6.07) is 30.0. The number of hydrogen-bond acceptors (Lipinski definition) is 6. The number of nitrogens with zero attached hydrogens (tertiary/aromatic N) is 4. The van der Waals surface area contributed by atoms with Crippen LogP contribution in [0.3, 0.4) is 0 Å². The molecular formula is C31H29N4O3. The van der Waals surface area contributed by atoms with Crippen molar-refractivity contribution >= 4 is 5.84 Å². The zero-order valence-corrected chi connectivity index (χ0v) is 21.7. The second-order valence-corrected chi connectivity index (χ2v) is 9.15. The number of para-hydroxylation sites is 1. The molecule has 4 aromatic rings. The number of hydrogen-bond donors (Lipinski definition) is 0. The van der Waals surface area contributed by atoms with E-state index in [1.54, 1.807) is 7.11 Å². The minimum Gasteiger partial charge on any atom is -0.496 e. The quantitative estimate of drug-likeness (QED) is 0.227. The number of methoxy groups -OCH3 is 1. The second-order valence-electron chi connectivity index (χ2n) is 9.15. The van der Waals surface area contributed by atoms with E-state index >= 15 is 0 Å². The highest BCUT2D eigenvalue weighted by Crippen LogP contribution is 2.47. The zero-order valence-electron chi connectivity index (χ0n) is 21.7. The summed E-state index contributed by atoms with van der Waals surface area (Å²) < 4.78 is 18.9. The van der Waals surface area contributed by atoms with Crippen LogP contribution < -0.4 is 19.6 Å². The van der Waals surface area contributed by atoms with Crippen molar-refractivity contribution < 1.29 is 14.2 Å². The number of rotatable bonds is 10. The van der Waals surface area contributed by atoms with Crippen molar-refractivity contribution in [1.82, 2.24) is 5.43 Å². The zero-order chi connectivity index (χ0) is 26.3. The highest BCUT2D eigenvalue weighted by Gasteiger charge is 2.28. The average Bonchev–Trinajstić information content (AvgIpc) is 3.50. The van der Waals surface area contributed by atoms with Crippen molar-refractivity contribution in [2.24, 2.45) is 15.5 Å². The van der Waals surface area contributed by atoms with Crippen LogP contribution in [-0.4, -0.2) is 12.9 Å². The Morgan fingerprint density at radius 1 is 0.658 bits per heavy atom. The molecule has 0 aromatic heterocycles. The second kappa shape index (κ2) is 11.6. The molecule has 0 saturated heterocycles. The molecule has 1 heterocycles. The van der Waals surface area contributed by atoms with Crippen molar-refractivity contribution in [1.29, 1.82) is 0 Å². The van der Waals surface area contributed by atoms with Crippen LogP contribution >= 0.6 is 0 Å². The highest BCUT2D eigenvalue weighted by atomic mass is 16.5. The Bertz CT molecular complexity index is 1450. The lowest BCUT2D eigenvalue weighted by Crippen LogP contribution is -2.15. The lowest BCUT2D eigenvalue weighted by Gasteiger charge is -2.25. The molecule has 191 valence electrons. The molecule has 0 atom stereocenters. The first-order valence-corrected chi connectivity index (χ1v) is 12.5. The fourth-order valence-corrected chi connectivity index (χ4v) is 4.45. The van der Waals surface area contributed by atoms with Gasteiger partial charge in [0.05, 0.1) is 12.7 Å².